The summed E-state index contributed by atoms with van der Waals surface area (Å²) in [5.74, 6) is 3.08. The van der Waals surface area contributed by atoms with Crippen LogP contribution in [0, 0.1) is 39.0 Å². The summed E-state index contributed by atoms with van der Waals surface area (Å²) >= 11 is 0. The second-order valence-electron chi connectivity index (χ2n) is 16.2. The number of nitrogens with zero attached hydrogens (tertiary/aromatic N) is 5. The molecule has 0 spiro atoms. The molecule has 3 heterocycles. The van der Waals surface area contributed by atoms with E-state index in [9.17, 15) is 4.79 Å². The number of amides is 1. The maximum atomic E-state index is 14.9. The van der Waals surface area contributed by atoms with Crippen molar-refractivity contribution in [1.29, 1.82) is 0 Å². The third kappa shape index (κ3) is 6.67. The van der Waals surface area contributed by atoms with Crippen LogP contribution in [0.1, 0.15) is 109 Å². The van der Waals surface area contributed by atoms with Gasteiger partial charge in [-0.3, -0.25) is 4.79 Å². The van der Waals surface area contributed by atoms with E-state index >= 15 is 0 Å². The number of aromatic nitrogens is 4. The summed E-state index contributed by atoms with van der Waals surface area (Å²) in [4.78, 5) is 36.6. The number of carbonyl (C=O) groups excluding carboxylic acids is 1. The Morgan fingerprint density at radius 2 is 1.64 bits per heavy atom. The highest BCUT2D eigenvalue weighted by Gasteiger charge is 2.71. The van der Waals surface area contributed by atoms with Gasteiger partial charge in [0.2, 0.25) is 5.88 Å². The first-order valence-electron chi connectivity index (χ1n) is 18.3. The molecular formula is C42H51N5O3. The van der Waals surface area contributed by atoms with E-state index in [2.05, 4.69) is 57.7 Å². The normalized spacial score (nSPS) is 22.3. The monoisotopic (exact) mass is 673 g/mol. The number of rotatable bonds is 10. The van der Waals surface area contributed by atoms with Crippen molar-refractivity contribution < 1.29 is 14.3 Å². The van der Waals surface area contributed by atoms with Crippen LogP contribution in [0.2, 0.25) is 0 Å². The van der Waals surface area contributed by atoms with Crippen molar-refractivity contribution in [2.75, 3.05) is 19.8 Å². The number of carbonyl (C=O) groups is 1. The van der Waals surface area contributed by atoms with Gasteiger partial charge in [0, 0.05) is 48.7 Å². The van der Waals surface area contributed by atoms with Crippen molar-refractivity contribution in [3.8, 4) is 17.1 Å². The molecule has 8 rings (SSSR count). The highest BCUT2D eigenvalue weighted by molar-refractivity contribution is 5.95. The minimum absolute atomic E-state index is 0.0450. The van der Waals surface area contributed by atoms with Gasteiger partial charge in [0.05, 0.1) is 17.3 Å². The van der Waals surface area contributed by atoms with Gasteiger partial charge in [-0.2, -0.15) is 4.98 Å². The zero-order chi connectivity index (χ0) is 35.2. The number of hydrogen-bond donors (Lipinski definition) is 0. The third-order valence-corrected chi connectivity index (χ3v) is 11.1. The van der Waals surface area contributed by atoms with Crippen LogP contribution in [0.3, 0.4) is 0 Å². The van der Waals surface area contributed by atoms with E-state index < -0.39 is 0 Å². The molecule has 2 bridgehead atoms. The lowest BCUT2D eigenvalue weighted by molar-refractivity contribution is -0.174. The second-order valence-corrected chi connectivity index (χ2v) is 16.2. The summed E-state index contributed by atoms with van der Waals surface area (Å²) in [6.07, 6.45) is 8.72. The molecule has 1 unspecified atom stereocenters. The van der Waals surface area contributed by atoms with Gasteiger partial charge in [-0.1, -0.05) is 56.7 Å². The predicted octanol–water partition coefficient (Wildman–Crippen LogP) is 8.33. The number of aryl methyl sites for hydroxylation is 4. The van der Waals surface area contributed by atoms with Crippen LogP contribution < -0.4 is 4.74 Å². The van der Waals surface area contributed by atoms with Gasteiger partial charge in [0.25, 0.3) is 5.91 Å². The summed E-state index contributed by atoms with van der Waals surface area (Å²) in [5.41, 5.74) is 6.80. The van der Waals surface area contributed by atoms with Crippen LogP contribution in [0.15, 0.2) is 60.9 Å². The van der Waals surface area contributed by atoms with Crippen molar-refractivity contribution in [3.63, 3.8) is 0 Å². The molecule has 4 aliphatic rings. The van der Waals surface area contributed by atoms with Crippen LogP contribution in [0.4, 0.5) is 0 Å². The fraction of sp³-hybridized carbons (Fsp3) is 0.500. The Bertz CT molecular complexity index is 1830. The molecule has 1 saturated heterocycles. The molecule has 262 valence electrons. The van der Waals surface area contributed by atoms with Crippen molar-refractivity contribution >= 4 is 5.91 Å². The zero-order valence-electron chi connectivity index (χ0n) is 30.7. The Morgan fingerprint density at radius 3 is 2.26 bits per heavy atom. The minimum atomic E-state index is -0.365. The molecule has 3 saturated carbocycles. The van der Waals surface area contributed by atoms with Crippen LogP contribution in [0.5, 0.6) is 5.88 Å². The molecule has 2 aromatic carbocycles. The number of hydrogen-bond acceptors (Lipinski definition) is 7. The Kier molecular flexibility index (Phi) is 9.27. The first kappa shape index (κ1) is 34.3. The molecule has 0 N–H and O–H groups in total. The van der Waals surface area contributed by atoms with E-state index in [0.29, 0.717) is 35.7 Å². The molecule has 2 aromatic heterocycles. The van der Waals surface area contributed by atoms with E-state index in [1.807, 2.05) is 56.6 Å². The average Bonchev–Trinajstić information content (AvgIpc) is 3.04. The first-order chi connectivity index (χ1) is 23.9. The minimum Gasteiger partial charge on any atom is -0.475 e. The molecule has 50 heavy (non-hydrogen) atoms. The first-order valence-corrected chi connectivity index (χ1v) is 18.3. The molecule has 8 nitrogen and oxygen atoms in total. The second kappa shape index (κ2) is 13.5. The lowest BCUT2D eigenvalue weighted by Gasteiger charge is -2.72. The van der Waals surface area contributed by atoms with Crippen LogP contribution >= 0.6 is 0 Å². The lowest BCUT2D eigenvalue weighted by atomic mass is 9.41. The topological polar surface area (TPSA) is 90.3 Å². The Hall–Kier alpha value is -4.17. The SMILES string of the molecule is Cc1cccc(C(=O)N([C@@H](COc2cc(-c3c(C)cccc3C)nc(C)n2)CC(C)(C)C)C23CC(C2)C3c2ncc(C3CCOCC3)cn2)c1. The predicted molar refractivity (Wildman–Crippen MR) is 195 cm³/mol. The maximum Gasteiger partial charge on any atom is 0.254 e. The molecule has 0 radical (unpaired) electrons. The molecule has 2 atom stereocenters. The molecule has 8 heteroatoms. The summed E-state index contributed by atoms with van der Waals surface area (Å²) in [5, 5.41) is 0. The molecule has 1 amide bonds. The zero-order valence-corrected chi connectivity index (χ0v) is 30.7. The largest absolute Gasteiger partial charge is 0.475 e. The van der Waals surface area contributed by atoms with Crippen LogP contribution in [-0.2, 0) is 4.74 Å². The number of benzene rings is 2. The van der Waals surface area contributed by atoms with Gasteiger partial charge in [0.1, 0.15) is 18.3 Å². The standard InChI is InChI=1S/C42H51N5O3/c1-26-10-8-13-31(18-26)40(48)47(42-20-32(21-42)38(42)39-43-23-33(24-44-39)30-14-16-49-17-15-30)34(22-41(5,6)7)25-50-36-19-35(45-29(4)46-36)37-27(2)11-9-12-28(37)3/h8-13,18-19,23-24,30,32,34,38H,14-17,20-22,25H2,1-7H3/t32?,34-,38?,42?/m1/s1. The molecular weight excluding hydrogens is 622 g/mol. The van der Waals surface area contributed by atoms with Crippen LogP contribution in [-0.4, -0.2) is 62.1 Å². The smallest absolute Gasteiger partial charge is 0.254 e. The third-order valence-electron chi connectivity index (χ3n) is 11.1. The Balaban J connectivity index is 1.23. The highest BCUT2D eigenvalue weighted by Crippen LogP contribution is 2.69. The van der Waals surface area contributed by atoms with Gasteiger partial charge >= 0.3 is 0 Å². The van der Waals surface area contributed by atoms with Crippen LogP contribution in [0.25, 0.3) is 11.3 Å². The van der Waals surface area contributed by atoms with Crippen molar-refractivity contribution in [2.45, 2.75) is 104 Å². The summed E-state index contributed by atoms with van der Waals surface area (Å²) in [6.45, 7) is 16.8. The van der Waals surface area contributed by atoms with Crippen molar-refractivity contribution in [2.24, 2.45) is 11.3 Å². The highest BCUT2D eigenvalue weighted by atomic mass is 16.5. The fourth-order valence-electron chi connectivity index (χ4n) is 8.73. The van der Waals surface area contributed by atoms with E-state index in [-0.39, 0.29) is 28.8 Å². The van der Waals surface area contributed by atoms with E-state index in [1.165, 1.54) is 5.56 Å². The van der Waals surface area contributed by atoms with Gasteiger partial charge in [-0.15, -0.1) is 0 Å². The Labute approximate surface area is 297 Å². The number of ether oxygens (including phenoxy) is 2. The van der Waals surface area contributed by atoms with Gasteiger partial charge < -0.3 is 14.4 Å². The summed E-state index contributed by atoms with van der Waals surface area (Å²) in [7, 11) is 0. The van der Waals surface area contributed by atoms with Crippen molar-refractivity contribution in [3.05, 3.63) is 100 Å². The van der Waals surface area contributed by atoms with Gasteiger partial charge in [-0.25, -0.2) is 15.0 Å². The van der Waals surface area contributed by atoms with Crippen molar-refractivity contribution in [1.82, 2.24) is 24.8 Å². The van der Waals surface area contributed by atoms with E-state index in [1.54, 1.807) is 0 Å². The lowest BCUT2D eigenvalue weighted by Crippen LogP contribution is -2.77. The average molecular weight is 674 g/mol. The Morgan fingerprint density at radius 1 is 0.960 bits per heavy atom. The quantitative estimate of drug-likeness (QED) is 0.167. The van der Waals surface area contributed by atoms with Gasteiger partial charge in [0.15, 0.2) is 0 Å². The molecule has 3 aliphatic carbocycles. The van der Waals surface area contributed by atoms with Gasteiger partial charge in [-0.05, 0) is 106 Å². The maximum absolute atomic E-state index is 14.9. The summed E-state index contributed by atoms with van der Waals surface area (Å²) < 4.78 is 12.2. The summed E-state index contributed by atoms with van der Waals surface area (Å²) in [6, 6.07) is 16.0. The van der Waals surface area contributed by atoms with E-state index in [4.69, 9.17) is 29.4 Å². The van der Waals surface area contributed by atoms with E-state index in [0.717, 1.165) is 79.1 Å². The fourth-order valence-corrected chi connectivity index (χ4v) is 8.73. The molecule has 1 aliphatic heterocycles. The molecule has 4 aromatic rings. The molecule has 4 fully saturated rings.